The average Bonchev–Trinajstić information content (AvgIpc) is 2.46. The van der Waals surface area contributed by atoms with Crippen molar-refractivity contribution in [3.8, 4) is 0 Å². The molecule has 0 saturated heterocycles. The van der Waals surface area contributed by atoms with Gasteiger partial charge in [0.2, 0.25) is 5.91 Å². The maximum absolute atomic E-state index is 11.9. The summed E-state index contributed by atoms with van der Waals surface area (Å²) in [6.07, 6.45) is 3.28. The maximum Gasteiger partial charge on any atom is 0.321 e. The smallest absolute Gasteiger partial charge is 0.321 e. The van der Waals surface area contributed by atoms with Gasteiger partial charge in [0.05, 0.1) is 6.54 Å². The van der Waals surface area contributed by atoms with E-state index in [0.29, 0.717) is 6.54 Å². The molecular formula is C16H23N3O2. The minimum atomic E-state index is -0.431. The Labute approximate surface area is 125 Å². The standard InChI is InChI=1S/C16H23N3O2/c1-3-17-16(21)18-15(20)11-19(2)14-10-6-8-12-7-4-5-9-13(12)14/h4-5,7,9,14H,3,6,8,10-11H2,1-2H3,(H2,17,18,20,21)/t14-/m1/s1. The molecule has 1 aliphatic carbocycles. The summed E-state index contributed by atoms with van der Waals surface area (Å²) < 4.78 is 0. The molecule has 2 rings (SSSR count). The third kappa shape index (κ3) is 4.04. The number of aryl methyl sites for hydroxylation is 1. The lowest BCUT2D eigenvalue weighted by atomic mass is 9.87. The molecule has 2 N–H and O–H groups in total. The van der Waals surface area contributed by atoms with E-state index in [2.05, 4.69) is 28.8 Å². The summed E-state index contributed by atoms with van der Waals surface area (Å²) in [5, 5.41) is 4.90. The molecule has 0 bridgehead atoms. The van der Waals surface area contributed by atoms with Crippen LogP contribution in [-0.2, 0) is 11.2 Å². The van der Waals surface area contributed by atoms with Gasteiger partial charge in [-0.05, 0) is 44.4 Å². The van der Waals surface area contributed by atoms with E-state index in [9.17, 15) is 9.59 Å². The van der Waals surface area contributed by atoms with Crippen molar-refractivity contribution in [2.24, 2.45) is 0 Å². The van der Waals surface area contributed by atoms with Gasteiger partial charge >= 0.3 is 6.03 Å². The summed E-state index contributed by atoms with van der Waals surface area (Å²) in [7, 11) is 1.93. The second-order valence-corrected chi connectivity index (χ2v) is 5.43. The van der Waals surface area contributed by atoms with Crippen LogP contribution in [-0.4, -0.2) is 37.0 Å². The number of hydrogen-bond donors (Lipinski definition) is 2. The summed E-state index contributed by atoms with van der Waals surface area (Å²) >= 11 is 0. The number of carbonyl (C=O) groups excluding carboxylic acids is 2. The molecule has 0 unspecified atom stereocenters. The van der Waals surface area contributed by atoms with Gasteiger partial charge in [-0.1, -0.05) is 24.3 Å². The molecule has 0 radical (unpaired) electrons. The zero-order valence-corrected chi connectivity index (χ0v) is 12.7. The Morgan fingerprint density at radius 1 is 1.33 bits per heavy atom. The third-order valence-corrected chi connectivity index (χ3v) is 3.85. The fourth-order valence-electron chi connectivity index (χ4n) is 2.89. The Morgan fingerprint density at radius 3 is 2.86 bits per heavy atom. The highest BCUT2D eigenvalue weighted by Crippen LogP contribution is 2.33. The fraction of sp³-hybridized carbons (Fsp3) is 0.500. The molecule has 0 aliphatic heterocycles. The molecule has 1 aliphatic rings. The molecule has 0 spiro atoms. The van der Waals surface area contributed by atoms with Crippen LogP contribution in [0, 0.1) is 0 Å². The predicted octanol–water partition coefficient (Wildman–Crippen LogP) is 1.84. The van der Waals surface area contributed by atoms with E-state index in [0.717, 1.165) is 19.3 Å². The lowest BCUT2D eigenvalue weighted by molar-refractivity contribution is -0.121. The zero-order chi connectivity index (χ0) is 15.2. The lowest BCUT2D eigenvalue weighted by Crippen LogP contribution is -2.44. The third-order valence-electron chi connectivity index (χ3n) is 3.85. The average molecular weight is 289 g/mol. The van der Waals surface area contributed by atoms with Crippen molar-refractivity contribution in [1.82, 2.24) is 15.5 Å². The van der Waals surface area contributed by atoms with Crippen LogP contribution in [0.25, 0.3) is 0 Å². The normalized spacial score (nSPS) is 17.2. The van der Waals surface area contributed by atoms with Crippen molar-refractivity contribution in [3.05, 3.63) is 35.4 Å². The number of imide groups is 1. The Balaban J connectivity index is 1.96. The summed E-state index contributed by atoms with van der Waals surface area (Å²) in [6, 6.07) is 8.21. The van der Waals surface area contributed by atoms with E-state index < -0.39 is 6.03 Å². The fourth-order valence-corrected chi connectivity index (χ4v) is 2.89. The van der Waals surface area contributed by atoms with Gasteiger partial charge in [-0.15, -0.1) is 0 Å². The number of benzene rings is 1. The number of likely N-dealkylation sites (N-methyl/N-ethyl adjacent to an activating group) is 1. The molecule has 21 heavy (non-hydrogen) atoms. The molecule has 0 fully saturated rings. The van der Waals surface area contributed by atoms with E-state index in [1.807, 2.05) is 24.9 Å². The topological polar surface area (TPSA) is 61.4 Å². The lowest BCUT2D eigenvalue weighted by Gasteiger charge is -2.32. The zero-order valence-electron chi connectivity index (χ0n) is 12.7. The van der Waals surface area contributed by atoms with E-state index in [1.54, 1.807) is 0 Å². The largest absolute Gasteiger partial charge is 0.338 e. The van der Waals surface area contributed by atoms with Crippen molar-refractivity contribution in [3.63, 3.8) is 0 Å². The molecule has 1 aromatic carbocycles. The highest BCUT2D eigenvalue weighted by atomic mass is 16.2. The second-order valence-electron chi connectivity index (χ2n) is 5.43. The van der Waals surface area contributed by atoms with Gasteiger partial charge in [-0.3, -0.25) is 15.0 Å². The number of carbonyl (C=O) groups is 2. The minimum absolute atomic E-state index is 0.218. The first-order chi connectivity index (χ1) is 10.1. The van der Waals surface area contributed by atoms with E-state index in [4.69, 9.17) is 0 Å². The van der Waals surface area contributed by atoms with Gasteiger partial charge in [-0.25, -0.2) is 4.79 Å². The summed E-state index contributed by atoms with van der Waals surface area (Å²) in [4.78, 5) is 25.2. The van der Waals surface area contributed by atoms with Crippen molar-refractivity contribution >= 4 is 11.9 Å². The van der Waals surface area contributed by atoms with Gasteiger partial charge in [-0.2, -0.15) is 0 Å². The number of nitrogens with zero attached hydrogens (tertiary/aromatic N) is 1. The number of hydrogen-bond acceptors (Lipinski definition) is 3. The number of rotatable bonds is 4. The second kappa shape index (κ2) is 7.22. The Bertz CT molecular complexity index is 516. The summed E-state index contributed by atoms with van der Waals surface area (Å²) in [6.45, 7) is 2.54. The van der Waals surface area contributed by atoms with Gasteiger partial charge in [0.1, 0.15) is 0 Å². The first kappa shape index (κ1) is 15.5. The molecule has 0 heterocycles. The number of nitrogens with one attached hydrogen (secondary N) is 2. The molecule has 1 aromatic rings. The quantitative estimate of drug-likeness (QED) is 0.889. The maximum atomic E-state index is 11.9. The van der Waals surface area contributed by atoms with E-state index >= 15 is 0 Å². The Kier molecular flexibility index (Phi) is 5.33. The van der Waals surface area contributed by atoms with E-state index in [1.165, 1.54) is 11.1 Å². The number of fused-ring (bicyclic) bond motifs is 1. The Hall–Kier alpha value is -1.88. The highest BCUT2D eigenvalue weighted by molar-refractivity contribution is 5.95. The van der Waals surface area contributed by atoms with Gasteiger partial charge in [0.15, 0.2) is 0 Å². The van der Waals surface area contributed by atoms with Crippen LogP contribution in [0.4, 0.5) is 4.79 Å². The summed E-state index contributed by atoms with van der Waals surface area (Å²) in [5.74, 6) is -0.272. The van der Waals surface area contributed by atoms with Crippen LogP contribution in [0.2, 0.25) is 0 Å². The molecular weight excluding hydrogens is 266 g/mol. The number of urea groups is 1. The SMILES string of the molecule is CCNC(=O)NC(=O)CN(C)[C@@H]1CCCc2ccccc21. The molecule has 0 saturated carbocycles. The van der Waals surface area contributed by atoms with Crippen molar-refractivity contribution in [2.75, 3.05) is 20.1 Å². The number of amides is 3. The highest BCUT2D eigenvalue weighted by Gasteiger charge is 2.24. The van der Waals surface area contributed by atoms with Gasteiger partial charge in [0, 0.05) is 12.6 Å². The first-order valence-electron chi connectivity index (χ1n) is 7.47. The van der Waals surface area contributed by atoms with E-state index in [-0.39, 0.29) is 18.5 Å². The van der Waals surface area contributed by atoms with Gasteiger partial charge in [0.25, 0.3) is 0 Å². The van der Waals surface area contributed by atoms with Crippen molar-refractivity contribution < 1.29 is 9.59 Å². The molecule has 0 aromatic heterocycles. The summed E-state index contributed by atoms with van der Waals surface area (Å²) in [5.41, 5.74) is 2.67. The predicted molar refractivity (Wildman–Crippen MR) is 82.0 cm³/mol. The van der Waals surface area contributed by atoms with Crippen LogP contribution < -0.4 is 10.6 Å². The Morgan fingerprint density at radius 2 is 2.10 bits per heavy atom. The molecule has 3 amide bonds. The molecule has 5 nitrogen and oxygen atoms in total. The molecule has 1 atom stereocenters. The minimum Gasteiger partial charge on any atom is -0.338 e. The van der Waals surface area contributed by atoms with Crippen LogP contribution in [0.3, 0.4) is 0 Å². The van der Waals surface area contributed by atoms with Crippen molar-refractivity contribution in [2.45, 2.75) is 32.2 Å². The van der Waals surface area contributed by atoms with Crippen LogP contribution in [0.1, 0.15) is 36.9 Å². The van der Waals surface area contributed by atoms with Crippen LogP contribution >= 0.6 is 0 Å². The first-order valence-corrected chi connectivity index (χ1v) is 7.47. The molecule has 5 heteroatoms. The van der Waals surface area contributed by atoms with Crippen LogP contribution in [0.5, 0.6) is 0 Å². The van der Waals surface area contributed by atoms with Crippen LogP contribution in [0.15, 0.2) is 24.3 Å². The van der Waals surface area contributed by atoms with Crippen molar-refractivity contribution in [1.29, 1.82) is 0 Å². The van der Waals surface area contributed by atoms with Gasteiger partial charge < -0.3 is 5.32 Å². The molecule has 114 valence electrons. The monoisotopic (exact) mass is 289 g/mol.